The van der Waals surface area contributed by atoms with E-state index in [0.29, 0.717) is 32.7 Å². The number of furan rings is 1. The molecule has 1 amide bonds. The summed E-state index contributed by atoms with van der Waals surface area (Å²) in [4.78, 5) is 32.6. The van der Waals surface area contributed by atoms with Gasteiger partial charge in [-0.1, -0.05) is 41.1 Å². The highest BCUT2D eigenvalue weighted by molar-refractivity contribution is 7.22. The number of para-hydroxylation sites is 1. The molecule has 0 saturated carbocycles. The predicted molar refractivity (Wildman–Crippen MR) is 125 cm³/mol. The van der Waals surface area contributed by atoms with Gasteiger partial charge in [0, 0.05) is 0 Å². The average molecular weight is 481 g/mol. The first-order chi connectivity index (χ1) is 15.9. The zero-order valence-corrected chi connectivity index (χ0v) is 19.1. The number of anilines is 1. The molecule has 2 aromatic carbocycles. The lowest BCUT2D eigenvalue weighted by Crippen LogP contribution is -2.31. The number of benzene rings is 2. The third-order valence-electron chi connectivity index (χ3n) is 5.39. The zero-order valence-electron chi connectivity index (χ0n) is 17.5. The number of hydrogen-bond donors (Lipinski definition) is 1. The fraction of sp³-hybridized carbons (Fsp3) is 0.125. The SMILES string of the molecule is COc1cccc(C2C(C(=O)c3ccc(C)o3)=C(O)C(=O)N2c2nc3c(Cl)cccc3s2)c1. The summed E-state index contributed by atoms with van der Waals surface area (Å²) in [6.45, 7) is 1.71. The molecule has 7 nitrogen and oxygen atoms in total. The predicted octanol–water partition coefficient (Wildman–Crippen LogP) is 5.64. The van der Waals surface area contributed by atoms with Crippen molar-refractivity contribution < 1.29 is 23.8 Å². The maximum absolute atomic E-state index is 13.4. The quantitative estimate of drug-likeness (QED) is 0.371. The largest absolute Gasteiger partial charge is 0.503 e. The Balaban J connectivity index is 1.70. The molecule has 1 N–H and O–H groups in total. The first-order valence-corrected chi connectivity index (χ1v) is 11.2. The number of thiazole rings is 1. The Morgan fingerprint density at radius 2 is 2.00 bits per heavy atom. The number of fused-ring (bicyclic) bond motifs is 1. The van der Waals surface area contributed by atoms with Crippen LogP contribution in [0.25, 0.3) is 10.2 Å². The topological polar surface area (TPSA) is 92.9 Å². The number of ketones is 1. The van der Waals surface area contributed by atoms with Gasteiger partial charge in [-0.05, 0) is 48.9 Å². The lowest BCUT2D eigenvalue weighted by atomic mass is 9.95. The molecule has 2 aromatic heterocycles. The van der Waals surface area contributed by atoms with Crippen LogP contribution in [0.15, 0.2) is 70.3 Å². The van der Waals surface area contributed by atoms with Gasteiger partial charge in [-0.25, -0.2) is 4.98 Å². The van der Waals surface area contributed by atoms with Crippen molar-refractivity contribution in [3.05, 3.63) is 88.0 Å². The molecule has 0 spiro atoms. The minimum absolute atomic E-state index is 0.0314. The van der Waals surface area contributed by atoms with E-state index in [4.69, 9.17) is 20.8 Å². The van der Waals surface area contributed by atoms with E-state index in [1.165, 1.54) is 29.4 Å². The molecule has 0 aliphatic carbocycles. The molecule has 9 heteroatoms. The molecule has 0 fully saturated rings. The first-order valence-electron chi connectivity index (χ1n) is 9.96. The summed E-state index contributed by atoms with van der Waals surface area (Å²) in [6, 6.07) is 14.5. The number of ether oxygens (including phenoxy) is 1. The van der Waals surface area contributed by atoms with Crippen LogP contribution in [0, 0.1) is 6.92 Å². The molecule has 0 bridgehead atoms. The van der Waals surface area contributed by atoms with Crippen molar-refractivity contribution in [1.82, 2.24) is 4.98 Å². The van der Waals surface area contributed by atoms with Crippen molar-refractivity contribution in [3.8, 4) is 5.75 Å². The van der Waals surface area contributed by atoms with Crippen LogP contribution < -0.4 is 9.64 Å². The fourth-order valence-electron chi connectivity index (χ4n) is 3.86. The molecule has 1 atom stereocenters. The Hall–Kier alpha value is -3.62. The number of methoxy groups -OCH3 is 1. The maximum atomic E-state index is 13.4. The van der Waals surface area contributed by atoms with Crippen molar-refractivity contribution in [3.63, 3.8) is 0 Å². The first kappa shape index (κ1) is 21.2. The third kappa shape index (κ3) is 3.48. The second-order valence-corrected chi connectivity index (χ2v) is 8.86. The minimum atomic E-state index is -0.940. The number of aliphatic hydroxyl groups excluding tert-OH is 1. The monoisotopic (exact) mass is 480 g/mol. The highest BCUT2D eigenvalue weighted by Crippen LogP contribution is 2.45. The number of aryl methyl sites for hydroxylation is 1. The van der Waals surface area contributed by atoms with Crippen molar-refractivity contribution in [1.29, 1.82) is 0 Å². The number of carbonyl (C=O) groups excluding carboxylic acids is 2. The summed E-state index contributed by atoms with van der Waals surface area (Å²) in [5, 5.41) is 11.6. The van der Waals surface area contributed by atoms with Gasteiger partial charge < -0.3 is 14.3 Å². The van der Waals surface area contributed by atoms with Gasteiger partial charge in [0.2, 0.25) is 5.78 Å². The van der Waals surface area contributed by atoms with E-state index >= 15 is 0 Å². The summed E-state index contributed by atoms with van der Waals surface area (Å²) < 4.78 is 11.6. The molecule has 33 heavy (non-hydrogen) atoms. The molecule has 1 unspecified atom stereocenters. The van der Waals surface area contributed by atoms with Crippen LogP contribution in [0.4, 0.5) is 5.13 Å². The average Bonchev–Trinajstić information content (AvgIpc) is 3.50. The molecular weight excluding hydrogens is 464 g/mol. The van der Waals surface area contributed by atoms with Crippen LogP contribution in [0.1, 0.15) is 27.9 Å². The van der Waals surface area contributed by atoms with E-state index in [2.05, 4.69) is 4.98 Å². The van der Waals surface area contributed by atoms with Crippen LogP contribution in [-0.2, 0) is 4.79 Å². The number of aromatic nitrogens is 1. The van der Waals surface area contributed by atoms with Crippen LogP contribution in [0.3, 0.4) is 0 Å². The summed E-state index contributed by atoms with van der Waals surface area (Å²) in [6.07, 6.45) is 0. The number of hydrogen-bond acceptors (Lipinski definition) is 7. The molecule has 0 saturated heterocycles. The Morgan fingerprint density at radius 1 is 1.21 bits per heavy atom. The number of amides is 1. The highest BCUT2D eigenvalue weighted by Gasteiger charge is 2.46. The molecule has 166 valence electrons. The van der Waals surface area contributed by atoms with Gasteiger partial charge >= 0.3 is 0 Å². The summed E-state index contributed by atoms with van der Waals surface area (Å²) in [7, 11) is 1.53. The molecule has 3 heterocycles. The Labute approximate surface area is 197 Å². The van der Waals surface area contributed by atoms with Gasteiger partial charge in [0.15, 0.2) is 16.7 Å². The smallest absolute Gasteiger partial charge is 0.296 e. The number of Topliss-reactive ketones (excluding diaryl/α,β-unsaturated/α-hetero) is 1. The molecule has 1 aliphatic heterocycles. The van der Waals surface area contributed by atoms with E-state index < -0.39 is 23.5 Å². The van der Waals surface area contributed by atoms with Gasteiger partial charge in [0.1, 0.15) is 17.0 Å². The summed E-state index contributed by atoms with van der Waals surface area (Å²) >= 11 is 7.54. The molecule has 5 rings (SSSR count). The van der Waals surface area contributed by atoms with Crippen LogP contribution in [-0.4, -0.2) is 28.9 Å². The van der Waals surface area contributed by atoms with Crippen molar-refractivity contribution in [2.45, 2.75) is 13.0 Å². The number of nitrogens with zero attached hydrogens (tertiary/aromatic N) is 2. The fourth-order valence-corrected chi connectivity index (χ4v) is 5.15. The van der Waals surface area contributed by atoms with Crippen LogP contribution in [0.5, 0.6) is 5.75 Å². The molecule has 0 radical (unpaired) electrons. The van der Waals surface area contributed by atoms with Gasteiger partial charge in [-0.15, -0.1) is 0 Å². The lowest BCUT2D eigenvalue weighted by Gasteiger charge is -2.24. The van der Waals surface area contributed by atoms with Crippen molar-refractivity contribution >= 4 is 50.0 Å². The maximum Gasteiger partial charge on any atom is 0.296 e. The van der Waals surface area contributed by atoms with E-state index in [0.717, 1.165) is 4.70 Å². The van der Waals surface area contributed by atoms with Crippen molar-refractivity contribution in [2.75, 3.05) is 12.0 Å². The Bertz CT molecular complexity index is 1450. The van der Waals surface area contributed by atoms with E-state index in [-0.39, 0.29) is 11.3 Å². The second kappa shape index (κ2) is 8.06. The van der Waals surface area contributed by atoms with Gasteiger partial charge in [0.05, 0.1) is 28.4 Å². The minimum Gasteiger partial charge on any atom is -0.503 e. The molecular formula is C24H17ClN2O5S. The van der Waals surface area contributed by atoms with E-state index in [1.54, 1.807) is 49.4 Å². The summed E-state index contributed by atoms with van der Waals surface area (Å²) in [5.41, 5.74) is 1.02. The van der Waals surface area contributed by atoms with E-state index in [9.17, 15) is 14.7 Å². The Morgan fingerprint density at radius 3 is 2.70 bits per heavy atom. The van der Waals surface area contributed by atoms with Gasteiger partial charge in [-0.3, -0.25) is 14.5 Å². The van der Waals surface area contributed by atoms with Crippen molar-refractivity contribution in [2.24, 2.45) is 0 Å². The van der Waals surface area contributed by atoms with E-state index in [1.807, 2.05) is 6.07 Å². The number of aliphatic hydroxyl groups is 1. The normalized spacial score (nSPS) is 16.2. The standard InChI is InChI=1S/C24H17ClN2O5S/c1-12-9-10-16(32-12)21(28)18-20(13-5-3-6-14(11-13)31-2)27(23(30)22(18)29)24-26-19-15(25)7-4-8-17(19)33-24/h3-11,20,29H,1-2H3. The second-order valence-electron chi connectivity index (χ2n) is 7.44. The summed E-state index contributed by atoms with van der Waals surface area (Å²) in [5.74, 6) is -0.846. The van der Waals surface area contributed by atoms with Gasteiger partial charge in [-0.2, -0.15) is 0 Å². The Kier molecular flexibility index (Phi) is 5.19. The molecule has 4 aromatic rings. The lowest BCUT2D eigenvalue weighted by molar-refractivity contribution is -0.117. The highest BCUT2D eigenvalue weighted by atomic mass is 35.5. The third-order valence-corrected chi connectivity index (χ3v) is 6.72. The zero-order chi connectivity index (χ0) is 23.3. The number of carbonyl (C=O) groups is 2. The van der Waals surface area contributed by atoms with Crippen LogP contribution in [0.2, 0.25) is 5.02 Å². The van der Waals surface area contributed by atoms with Crippen LogP contribution >= 0.6 is 22.9 Å². The molecule has 1 aliphatic rings. The number of rotatable bonds is 5. The van der Waals surface area contributed by atoms with Gasteiger partial charge in [0.25, 0.3) is 5.91 Å². The number of halogens is 1.